The number of alkyl halides is 3. The van der Waals surface area contributed by atoms with E-state index in [1.54, 1.807) is 11.9 Å². The number of methoxy groups -OCH3 is 1. The lowest BCUT2D eigenvalue weighted by Gasteiger charge is -2.25. The number of esters is 1. The number of hydrogen-bond acceptors (Lipinski definition) is 10. The van der Waals surface area contributed by atoms with E-state index in [1.165, 1.54) is 13.4 Å². The molecule has 0 aliphatic rings. The molecule has 0 aliphatic heterocycles. The van der Waals surface area contributed by atoms with Gasteiger partial charge in [-0.2, -0.15) is 21.6 Å². The molecule has 11 nitrogen and oxygen atoms in total. The number of ether oxygens (including phenoxy) is 2. The van der Waals surface area contributed by atoms with Crippen molar-refractivity contribution in [2.45, 2.75) is 37.5 Å². The maximum Gasteiger partial charge on any atom is 0.523 e. The van der Waals surface area contributed by atoms with Crippen molar-refractivity contribution in [2.24, 2.45) is 0 Å². The summed E-state index contributed by atoms with van der Waals surface area (Å²) in [5.41, 5.74) is -6.03. The highest BCUT2D eigenvalue weighted by Crippen LogP contribution is 2.36. The quantitative estimate of drug-likeness (QED) is 0.137. The molecule has 0 spiro atoms. The number of nitrogens with zero attached hydrogens (tertiary/aromatic N) is 4. The van der Waals surface area contributed by atoms with Gasteiger partial charge in [-0.1, -0.05) is 19.6 Å². The van der Waals surface area contributed by atoms with E-state index in [9.17, 15) is 26.4 Å². The first-order chi connectivity index (χ1) is 16.5. The first kappa shape index (κ1) is 30.0. The van der Waals surface area contributed by atoms with Gasteiger partial charge in [0.25, 0.3) is 0 Å². The number of pyridine rings is 1. The number of aromatic nitrogens is 3. The molecule has 2 aromatic heterocycles. The Bertz CT molecular complexity index is 1170. The lowest BCUT2D eigenvalue weighted by atomic mass is 10.1. The monoisotopic (exact) mass is 555 g/mol. The lowest BCUT2D eigenvalue weighted by molar-refractivity contribution is -0.105. The smallest absolute Gasteiger partial charge is 0.465 e. The third kappa shape index (κ3) is 7.38. The second-order valence-electron chi connectivity index (χ2n) is 9.55. The largest absolute Gasteiger partial charge is 0.523 e. The molecule has 16 heteroatoms. The van der Waals surface area contributed by atoms with Crippen LogP contribution in [0.1, 0.15) is 22.3 Å². The molecule has 1 N–H and O–H groups in total. The van der Waals surface area contributed by atoms with Gasteiger partial charge in [0.05, 0.1) is 19.0 Å². The van der Waals surface area contributed by atoms with Crippen LogP contribution >= 0.6 is 0 Å². The van der Waals surface area contributed by atoms with Crippen molar-refractivity contribution in [3.8, 4) is 0 Å². The van der Waals surface area contributed by atoms with Gasteiger partial charge in [-0.25, -0.2) is 18.9 Å². The van der Waals surface area contributed by atoms with E-state index in [-0.39, 0.29) is 34.7 Å². The van der Waals surface area contributed by atoms with Crippen LogP contribution in [0.5, 0.6) is 0 Å². The van der Waals surface area contributed by atoms with Gasteiger partial charge in [-0.3, -0.25) is 0 Å². The summed E-state index contributed by atoms with van der Waals surface area (Å²) < 4.78 is 78.4. The molecule has 0 amide bonds. The first-order valence-electron chi connectivity index (χ1n) is 10.9. The molecule has 0 saturated heterocycles. The Kier molecular flexibility index (Phi) is 9.50. The summed E-state index contributed by atoms with van der Waals surface area (Å²) in [6, 6.07) is 0.515. The van der Waals surface area contributed by atoms with Crippen LogP contribution in [0, 0.1) is 0 Å². The predicted molar refractivity (Wildman–Crippen MR) is 130 cm³/mol. The van der Waals surface area contributed by atoms with E-state index >= 15 is 0 Å². The molecule has 0 aromatic carbocycles. The van der Waals surface area contributed by atoms with Crippen molar-refractivity contribution < 1.29 is 40.0 Å². The minimum Gasteiger partial charge on any atom is -0.465 e. The fraction of sp³-hybridized carbons (Fsp3) is 0.650. The van der Waals surface area contributed by atoms with Crippen LogP contribution in [0.25, 0.3) is 11.0 Å². The van der Waals surface area contributed by atoms with E-state index in [4.69, 9.17) is 9.47 Å². The number of hydrogen-bond donors (Lipinski definition) is 1. The summed E-state index contributed by atoms with van der Waals surface area (Å²) in [7, 11) is -1.30. The molecular formula is C20H32F3N5O6SSi. The normalized spacial score (nSPS) is 13.9. The number of carbonyl (C=O) groups is 1. The fourth-order valence-corrected chi connectivity index (χ4v) is 4.21. The molecule has 1 atom stereocenters. The number of aromatic amines is 1. The van der Waals surface area contributed by atoms with Crippen LogP contribution in [0.15, 0.2) is 6.33 Å². The van der Waals surface area contributed by atoms with Crippen molar-refractivity contribution in [1.82, 2.24) is 19.9 Å². The Morgan fingerprint density at radius 1 is 1.19 bits per heavy atom. The second kappa shape index (κ2) is 11.4. The molecule has 0 aliphatic carbocycles. The molecule has 0 fully saturated rings. The molecule has 2 heterocycles. The zero-order chi connectivity index (χ0) is 27.5. The van der Waals surface area contributed by atoms with Crippen LogP contribution in [0.2, 0.25) is 25.7 Å². The summed E-state index contributed by atoms with van der Waals surface area (Å²) in [5.74, 6) is -0.761. The highest BCUT2D eigenvalue weighted by molar-refractivity contribution is 7.87. The summed E-state index contributed by atoms with van der Waals surface area (Å²) in [5, 5.41) is 0. The van der Waals surface area contributed by atoms with Crippen LogP contribution in [-0.2, 0) is 23.8 Å². The number of anilines is 1. The van der Waals surface area contributed by atoms with Gasteiger partial charge in [0.15, 0.2) is 0 Å². The van der Waals surface area contributed by atoms with Gasteiger partial charge >= 0.3 is 21.6 Å². The number of rotatable bonds is 12. The number of nitrogens with one attached hydrogen (secondary N) is 1. The van der Waals surface area contributed by atoms with Crippen LogP contribution in [-0.4, -0.2) is 95.8 Å². The Labute approximate surface area is 209 Å². The second-order valence-corrected chi connectivity index (χ2v) is 16.7. The minimum absolute atomic E-state index is 0.0180. The molecule has 204 valence electrons. The molecule has 0 saturated carbocycles. The van der Waals surface area contributed by atoms with E-state index in [0.717, 1.165) is 0 Å². The van der Waals surface area contributed by atoms with Crippen LogP contribution in [0.4, 0.5) is 19.0 Å². The highest BCUT2D eigenvalue weighted by atomic mass is 32.2. The number of fused-ring (bicyclic) bond motifs is 1. The zero-order valence-electron chi connectivity index (χ0n) is 21.3. The number of H-pyrrole nitrogens is 1. The Hall–Kier alpha value is -2.27. The van der Waals surface area contributed by atoms with Gasteiger partial charge in [-0.05, 0) is 20.1 Å². The van der Waals surface area contributed by atoms with Gasteiger partial charge in [-0.15, -0.1) is 0 Å². The molecule has 2 aromatic rings. The third-order valence-electron chi connectivity index (χ3n) is 5.06. The number of likely N-dealkylation sites (N-methyl/N-ethyl adjacent to an activating group) is 2. The molecular weight excluding hydrogens is 523 g/mol. The average molecular weight is 556 g/mol. The average Bonchev–Trinajstić information content (AvgIpc) is 3.23. The molecule has 0 radical (unpaired) electrons. The maximum atomic E-state index is 13.2. The topological polar surface area (TPSA) is 127 Å². The SMILES string of the molecule is COC(=O)c1c(N(C)CCN(C)C)nc(C(OCC[Si](C)(C)C)OS(=O)(=O)C(F)(F)F)c2[nH]cnc12. The lowest BCUT2D eigenvalue weighted by Crippen LogP contribution is -2.32. The fourth-order valence-electron chi connectivity index (χ4n) is 3.00. The summed E-state index contributed by atoms with van der Waals surface area (Å²) in [4.78, 5) is 27.3. The molecule has 1 unspecified atom stereocenters. The van der Waals surface area contributed by atoms with E-state index in [2.05, 4.69) is 19.1 Å². The Morgan fingerprint density at radius 2 is 1.83 bits per heavy atom. The Morgan fingerprint density at radius 3 is 2.36 bits per heavy atom. The summed E-state index contributed by atoms with van der Waals surface area (Å²) >= 11 is 0. The highest BCUT2D eigenvalue weighted by Gasteiger charge is 2.49. The molecule has 0 bridgehead atoms. The molecule has 2 rings (SSSR count). The van der Waals surface area contributed by atoms with E-state index in [0.29, 0.717) is 19.1 Å². The predicted octanol–water partition coefficient (Wildman–Crippen LogP) is 2.96. The summed E-state index contributed by atoms with van der Waals surface area (Å²) in [6.45, 7) is 6.90. The van der Waals surface area contributed by atoms with Gasteiger partial charge in [0.1, 0.15) is 22.6 Å². The van der Waals surface area contributed by atoms with E-state index in [1.807, 2.05) is 38.6 Å². The van der Waals surface area contributed by atoms with Gasteiger partial charge in [0, 0.05) is 34.8 Å². The van der Waals surface area contributed by atoms with Crippen molar-refractivity contribution in [3.63, 3.8) is 0 Å². The van der Waals surface area contributed by atoms with Gasteiger partial charge in [0.2, 0.25) is 6.29 Å². The van der Waals surface area contributed by atoms with E-state index < -0.39 is 36.0 Å². The number of imidazole rings is 1. The van der Waals surface area contributed by atoms with Crippen molar-refractivity contribution >= 4 is 41.0 Å². The number of halogens is 3. The first-order valence-corrected chi connectivity index (χ1v) is 16.0. The number of carbonyl (C=O) groups excluding carboxylic acids is 1. The van der Waals surface area contributed by atoms with Gasteiger partial charge < -0.3 is 24.3 Å². The van der Waals surface area contributed by atoms with Crippen molar-refractivity contribution in [1.29, 1.82) is 0 Å². The van der Waals surface area contributed by atoms with Crippen molar-refractivity contribution in [2.75, 3.05) is 52.8 Å². The summed E-state index contributed by atoms with van der Waals surface area (Å²) in [6.07, 6.45) is -0.855. The third-order valence-corrected chi connectivity index (χ3v) is 7.76. The maximum absolute atomic E-state index is 13.2. The minimum atomic E-state index is -6.05. The Balaban J connectivity index is 2.71. The standard InChI is InChI=1S/C20H32F3N5O6SSi/c1-27(2)8-9-28(3)17-13(18(29)32-4)14-15(25-12-24-14)16(26-17)19(33-10-11-36(5,6)7)34-35(30,31)20(21,22)23/h12,19H,8-11H2,1-7H3,(H,24,25). The molecule has 36 heavy (non-hydrogen) atoms. The van der Waals surface area contributed by atoms with Crippen LogP contribution < -0.4 is 4.90 Å². The van der Waals surface area contributed by atoms with Crippen molar-refractivity contribution in [3.05, 3.63) is 17.6 Å². The van der Waals surface area contributed by atoms with Crippen LogP contribution in [0.3, 0.4) is 0 Å². The zero-order valence-corrected chi connectivity index (χ0v) is 23.1.